The van der Waals surface area contributed by atoms with Gasteiger partial charge in [-0.3, -0.25) is 23.8 Å². The summed E-state index contributed by atoms with van der Waals surface area (Å²) in [6, 6.07) is 0. The van der Waals surface area contributed by atoms with E-state index in [1.807, 2.05) is 4.98 Å². The molecule has 1 saturated heterocycles. The molecule has 21 heavy (non-hydrogen) atoms. The summed E-state index contributed by atoms with van der Waals surface area (Å²) in [5.74, 6) is 0. The normalized spacial score (nSPS) is 28.5. The number of nitrogens with one attached hydrogen (secondary N) is 1. The first kappa shape index (κ1) is 16.0. The summed E-state index contributed by atoms with van der Waals surface area (Å²) in [5, 5.41) is 0. The molecular formula is C10H13F2N2O6P. The van der Waals surface area contributed by atoms with Crippen LogP contribution in [0.3, 0.4) is 0 Å². The van der Waals surface area contributed by atoms with Crippen LogP contribution >= 0.6 is 7.91 Å². The molecule has 8 nitrogen and oxygen atoms in total. The molecule has 0 aromatic carbocycles. The quantitative estimate of drug-likeness (QED) is 0.782. The highest BCUT2D eigenvalue weighted by molar-refractivity contribution is 7.46. The second-order valence-corrected chi connectivity index (χ2v) is 5.77. The lowest BCUT2D eigenvalue weighted by Gasteiger charge is -2.15. The second kappa shape index (κ2) is 5.80. The molecule has 0 spiro atoms. The fourth-order valence-corrected chi connectivity index (χ4v) is 2.31. The van der Waals surface area contributed by atoms with Crippen molar-refractivity contribution in [1.82, 2.24) is 9.55 Å². The van der Waals surface area contributed by atoms with Gasteiger partial charge >= 0.3 is 13.6 Å². The molecule has 0 saturated carbocycles. The summed E-state index contributed by atoms with van der Waals surface area (Å²) in [4.78, 5) is 33.3. The van der Waals surface area contributed by atoms with Crippen molar-refractivity contribution in [2.45, 2.75) is 31.8 Å². The van der Waals surface area contributed by atoms with Gasteiger partial charge in [0.15, 0.2) is 0 Å². The average Bonchev–Trinajstić information content (AvgIpc) is 2.72. The van der Waals surface area contributed by atoms with Crippen LogP contribution in [-0.4, -0.2) is 33.3 Å². The van der Waals surface area contributed by atoms with Crippen molar-refractivity contribution < 1.29 is 27.3 Å². The SMILES string of the molecule is Cc1cn([C@H]2C[C@H](F)[C@@H](COP(=O)(O)F)O2)c(=O)[nH]c1=O. The Hall–Kier alpha value is -1.35. The van der Waals surface area contributed by atoms with E-state index in [0.29, 0.717) is 0 Å². The molecule has 1 aromatic heterocycles. The maximum Gasteiger partial charge on any atom is 0.510 e. The second-order valence-electron chi connectivity index (χ2n) is 4.61. The van der Waals surface area contributed by atoms with E-state index in [0.717, 1.165) is 4.57 Å². The molecule has 4 atom stereocenters. The summed E-state index contributed by atoms with van der Waals surface area (Å²) in [6.45, 7) is 0.696. The van der Waals surface area contributed by atoms with Crippen molar-refractivity contribution in [3.8, 4) is 0 Å². The molecule has 0 radical (unpaired) electrons. The Labute approximate surface area is 117 Å². The minimum atomic E-state index is -5.22. The monoisotopic (exact) mass is 326 g/mol. The number of hydrogen-bond donors (Lipinski definition) is 2. The van der Waals surface area contributed by atoms with E-state index < -0.39 is 44.3 Å². The maximum atomic E-state index is 13.7. The zero-order chi connectivity index (χ0) is 15.8. The Balaban J connectivity index is 2.14. The Morgan fingerprint density at radius 1 is 1.62 bits per heavy atom. The van der Waals surface area contributed by atoms with Gasteiger partial charge in [0.2, 0.25) is 0 Å². The number of aryl methyl sites for hydroxylation is 1. The van der Waals surface area contributed by atoms with Gasteiger partial charge in [-0.1, -0.05) is 0 Å². The Kier molecular flexibility index (Phi) is 4.43. The van der Waals surface area contributed by atoms with E-state index in [4.69, 9.17) is 9.63 Å². The van der Waals surface area contributed by atoms with Gasteiger partial charge in [-0.2, -0.15) is 0 Å². The van der Waals surface area contributed by atoms with Gasteiger partial charge in [0.05, 0.1) is 6.61 Å². The smallest absolute Gasteiger partial charge is 0.349 e. The highest BCUT2D eigenvalue weighted by Gasteiger charge is 2.38. The van der Waals surface area contributed by atoms with Crippen LogP contribution in [0.1, 0.15) is 18.2 Å². The molecule has 0 amide bonds. The van der Waals surface area contributed by atoms with E-state index in [1.54, 1.807) is 0 Å². The molecule has 1 unspecified atom stereocenters. The molecule has 1 aliphatic rings. The predicted molar refractivity (Wildman–Crippen MR) is 66.4 cm³/mol. The van der Waals surface area contributed by atoms with Crippen LogP contribution in [0.4, 0.5) is 8.59 Å². The van der Waals surface area contributed by atoms with Crippen LogP contribution in [0.25, 0.3) is 0 Å². The lowest BCUT2D eigenvalue weighted by Crippen LogP contribution is -2.33. The zero-order valence-electron chi connectivity index (χ0n) is 10.9. The summed E-state index contributed by atoms with van der Waals surface area (Å²) < 4.78 is 46.6. The maximum absolute atomic E-state index is 13.7. The minimum absolute atomic E-state index is 0.233. The number of hydrogen-bond acceptors (Lipinski definition) is 5. The first-order chi connectivity index (χ1) is 9.67. The molecular weight excluding hydrogens is 313 g/mol. The lowest BCUT2D eigenvalue weighted by molar-refractivity contribution is -0.0338. The van der Waals surface area contributed by atoms with Gasteiger partial charge < -0.3 is 4.74 Å². The highest BCUT2D eigenvalue weighted by atomic mass is 31.2. The fourth-order valence-electron chi connectivity index (χ4n) is 1.98. The third-order valence-electron chi connectivity index (χ3n) is 3.02. The van der Waals surface area contributed by atoms with Gasteiger partial charge in [0.1, 0.15) is 18.5 Å². The molecule has 118 valence electrons. The standard InChI is InChI=1S/C10H13F2N2O6P/c1-5-3-14(10(16)13-9(5)15)8-2-6(11)7(20-8)4-19-21(12,17)18/h3,6-8H,2,4H2,1H3,(H,17,18)(H,13,15,16)/t6-,7+,8+/m0/s1. The first-order valence-corrected chi connectivity index (χ1v) is 7.43. The fraction of sp³-hybridized carbons (Fsp3) is 0.600. The Morgan fingerprint density at radius 2 is 2.29 bits per heavy atom. The van der Waals surface area contributed by atoms with Crippen LogP contribution < -0.4 is 11.2 Å². The highest BCUT2D eigenvalue weighted by Crippen LogP contribution is 2.44. The van der Waals surface area contributed by atoms with Gasteiger partial charge in [-0.15, -0.1) is 4.20 Å². The van der Waals surface area contributed by atoms with Crippen LogP contribution in [0.2, 0.25) is 0 Å². The number of aromatic nitrogens is 2. The summed E-state index contributed by atoms with van der Waals surface area (Å²) >= 11 is 0. The summed E-state index contributed by atoms with van der Waals surface area (Å²) in [5.41, 5.74) is -1.11. The average molecular weight is 326 g/mol. The summed E-state index contributed by atoms with van der Waals surface area (Å²) in [7, 11) is -5.22. The third kappa shape index (κ3) is 3.85. The van der Waals surface area contributed by atoms with Crippen LogP contribution in [0.5, 0.6) is 0 Å². The molecule has 2 rings (SSSR count). The minimum Gasteiger partial charge on any atom is -0.349 e. The topological polar surface area (TPSA) is 111 Å². The van der Waals surface area contributed by atoms with Crippen molar-refractivity contribution in [2.75, 3.05) is 6.61 Å². The van der Waals surface area contributed by atoms with E-state index in [9.17, 15) is 22.7 Å². The Bertz CT molecular complexity index is 683. The van der Waals surface area contributed by atoms with Gasteiger partial charge in [-0.25, -0.2) is 13.8 Å². The Morgan fingerprint density at radius 3 is 2.90 bits per heavy atom. The van der Waals surface area contributed by atoms with Crippen molar-refractivity contribution >= 4 is 7.91 Å². The molecule has 1 aromatic rings. The molecule has 0 bridgehead atoms. The van der Waals surface area contributed by atoms with Crippen molar-refractivity contribution in [3.63, 3.8) is 0 Å². The van der Waals surface area contributed by atoms with Crippen LogP contribution in [0.15, 0.2) is 15.8 Å². The molecule has 2 N–H and O–H groups in total. The van der Waals surface area contributed by atoms with Gasteiger partial charge in [0.25, 0.3) is 5.56 Å². The molecule has 0 aliphatic carbocycles. The molecule has 11 heteroatoms. The van der Waals surface area contributed by atoms with Crippen molar-refractivity contribution in [1.29, 1.82) is 0 Å². The van der Waals surface area contributed by atoms with E-state index >= 15 is 0 Å². The van der Waals surface area contributed by atoms with Gasteiger partial charge in [0, 0.05) is 18.2 Å². The third-order valence-corrected chi connectivity index (χ3v) is 3.48. The zero-order valence-corrected chi connectivity index (χ0v) is 11.8. The predicted octanol–water partition coefficient (Wildman–Crippen LogP) is 0.557. The number of H-pyrrole nitrogens is 1. The number of rotatable bonds is 4. The number of aromatic amines is 1. The number of alkyl halides is 1. The van der Waals surface area contributed by atoms with E-state index in [-0.39, 0.29) is 12.0 Å². The van der Waals surface area contributed by atoms with Crippen molar-refractivity contribution in [2.24, 2.45) is 0 Å². The van der Waals surface area contributed by atoms with Crippen LogP contribution in [-0.2, 0) is 13.8 Å². The largest absolute Gasteiger partial charge is 0.510 e. The molecule has 1 fully saturated rings. The van der Waals surface area contributed by atoms with Crippen molar-refractivity contribution in [3.05, 3.63) is 32.6 Å². The first-order valence-electron chi connectivity index (χ1n) is 5.96. The number of halogens is 2. The van der Waals surface area contributed by atoms with E-state index in [1.165, 1.54) is 13.1 Å². The summed E-state index contributed by atoms with van der Waals surface area (Å²) in [6.07, 6.45) is -2.93. The van der Waals surface area contributed by atoms with Gasteiger partial charge in [-0.05, 0) is 6.92 Å². The molecule has 1 aliphatic heterocycles. The molecule has 2 heterocycles. The van der Waals surface area contributed by atoms with Crippen LogP contribution in [0, 0.1) is 6.92 Å². The number of ether oxygens (including phenoxy) is 1. The lowest BCUT2D eigenvalue weighted by atomic mass is 10.2. The van der Waals surface area contributed by atoms with E-state index in [2.05, 4.69) is 4.52 Å². The number of nitrogens with zero attached hydrogens (tertiary/aromatic N) is 1.